The smallest absolute Gasteiger partial charge is 0.374 e. The summed E-state index contributed by atoms with van der Waals surface area (Å²) in [6.45, 7) is 2.81. The molecule has 1 aliphatic rings. The van der Waals surface area contributed by atoms with E-state index < -0.39 is 16.0 Å². The zero-order valence-electron chi connectivity index (χ0n) is 16.2. The van der Waals surface area contributed by atoms with E-state index in [0.717, 1.165) is 5.56 Å². The average Bonchev–Trinajstić information content (AvgIpc) is 3.24. The van der Waals surface area contributed by atoms with E-state index in [2.05, 4.69) is 0 Å². The van der Waals surface area contributed by atoms with Crippen molar-refractivity contribution < 1.29 is 27.2 Å². The Morgan fingerprint density at radius 3 is 2.38 bits per heavy atom. The van der Waals surface area contributed by atoms with Gasteiger partial charge < -0.3 is 14.1 Å². The van der Waals surface area contributed by atoms with Crippen molar-refractivity contribution >= 4 is 21.9 Å². The molecule has 8 nitrogen and oxygen atoms in total. The lowest BCUT2D eigenvalue weighted by Crippen LogP contribution is -2.50. The van der Waals surface area contributed by atoms with Crippen molar-refractivity contribution in [2.24, 2.45) is 0 Å². The molecule has 0 atom stereocenters. The van der Waals surface area contributed by atoms with Crippen molar-refractivity contribution in [1.82, 2.24) is 9.21 Å². The van der Waals surface area contributed by atoms with Crippen LogP contribution < -0.4 is 0 Å². The minimum absolute atomic E-state index is 0.00787. The van der Waals surface area contributed by atoms with Crippen molar-refractivity contribution in [3.8, 4) is 0 Å². The van der Waals surface area contributed by atoms with Gasteiger partial charge in [0.1, 0.15) is 0 Å². The third-order valence-corrected chi connectivity index (χ3v) is 6.49. The Morgan fingerprint density at radius 1 is 1.03 bits per heavy atom. The standard InChI is InChI=1S/C20H24N2O6S/c1-2-27-20(24)17-9-11-19(28-17)29(25,26)22-14-12-21(13-15-22)18(23)10-8-16-6-4-3-5-7-16/h3-7,9,11H,2,8,10,12-15H2,1H3. The third-order valence-electron chi connectivity index (χ3n) is 4.71. The maximum Gasteiger partial charge on any atom is 0.374 e. The molecule has 1 aliphatic heterocycles. The fourth-order valence-corrected chi connectivity index (χ4v) is 4.46. The Bertz CT molecular complexity index is 946. The predicted octanol–water partition coefficient (Wildman–Crippen LogP) is 1.92. The molecule has 1 aromatic carbocycles. The molecule has 0 spiro atoms. The number of ether oxygens (including phenoxy) is 1. The molecule has 0 bridgehead atoms. The van der Waals surface area contributed by atoms with Crippen LogP contribution in [0, 0.1) is 0 Å². The van der Waals surface area contributed by atoms with Gasteiger partial charge in [0.25, 0.3) is 10.0 Å². The molecular weight excluding hydrogens is 396 g/mol. The molecule has 9 heteroatoms. The number of carbonyl (C=O) groups excluding carboxylic acids is 2. The minimum atomic E-state index is -3.87. The fraction of sp³-hybridized carbons (Fsp3) is 0.400. The molecule has 1 amide bonds. The van der Waals surface area contributed by atoms with Crippen molar-refractivity contribution in [1.29, 1.82) is 0 Å². The number of esters is 1. The first-order valence-corrected chi connectivity index (χ1v) is 10.9. The van der Waals surface area contributed by atoms with Gasteiger partial charge in [-0.2, -0.15) is 4.31 Å². The van der Waals surface area contributed by atoms with Crippen molar-refractivity contribution in [2.45, 2.75) is 24.9 Å². The largest absolute Gasteiger partial charge is 0.460 e. The number of amides is 1. The molecule has 3 rings (SSSR count). The van der Waals surface area contributed by atoms with Crippen LogP contribution in [0.1, 0.15) is 29.5 Å². The van der Waals surface area contributed by atoms with Crippen molar-refractivity contribution in [2.75, 3.05) is 32.8 Å². The van der Waals surface area contributed by atoms with E-state index in [9.17, 15) is 18.0 Å². The van der Waals surface area contributed by atoms with Gasteiger partial charge in [0.2, 0.25) is 16.8 Å². The summed E-state index contributed by atoms with van der Waals surface area (Å²) in [5.41, 5.74) is 1.09. The molecule has 2 aromatic rings. The summed E-state index contributed by atoms with van der Waals surface area (Å²) in [5.74, 6) is -0.851. The molecule has 1 saturated heterocycles. The van der Waals surface area contributed by atoms with Gasteiger partial charge in [0.15, 0.2) is 0 Å². The van der Waals surface area contributed by atoms with Crippen LogP contribution in [-0.2, 0) is 26.0 Å². The molecular formula is C20H24N2O6S. The van der Waals surface area contributed by atoms with E-state index in [0.29, 0.717) is 25.9 Å². The van der Waals surface area contributed by atoms with E-state index in [-0.39, 0.29) is 36.5 Å². The third kappa shape index (κ3) is 5.04. The van der Waals surface area contributed by atoms with Gasteiger partial charge in [-0.15, -0.1) is 0 Å². The highest BCUT2D eigenvalue weighted by Gasteiger charge is 2.32. The van der Waals surface area contributed by atoms with Gasteiger partial charge >= 0.3 is 5.97 Å². The Balaban J connectivity index is 1.55. The highest BCUT2D eigenvalue weighted by molar-refractivity contribution is 7.89. The van der Waals surface area contributed by atoms with Crippen molar-refractivity contribution in [3.05, 3.63) is 53.8 Å². The maximum absolute atomic E-state index is 12.7. The second-order valence-corrected chi connectivity index (χ2v) is 8.48. The first kappa shape index (κ1) is 21.1. The van der Waals surface area contributed by atoms with E-state index in [4.69, 9.17) is 9.15 Å². The number of rotatable bonds is 7. The number of carbonyl (C=O) groups is 2. The van der Waals surface area contributed by atoms with Gasteiger partial charge in [0.05, 0.1) is 6.61 Å². The summed E-state index contributed by atoms with van der Waals surface area (Å²) in [5, 5.41) is -0.301. The van der Waals surface area contributed by atoms with Crippen LogP contribution in [0.25, 0.3) is 0 Å². The normalized spacial score (nSPS) is 15.3. The molecule has 1 fully saturated rings. The fourth-order valence-electron chi connectivity index (χ4n) is 3.13. The highest BCUT2D eigenvalue weighted by Crippen LogP contribution is 2.21. The van der Waals surface area contributed by atoms with Crippen LogP contribution in [0.4, 0.5) is 0 Å². The Hall–Kier alpha value is -2.65. The summed E-state index contributed by atoms with van der Waals surface area (Å²) in [7, 11) is -3.87. The molecule has 0 N–H and O–H groups in total. The van der Waals surface area contributed by atoms with E-state index >= 15 is 0 Å². The van der Waals surface area contributed by atoms with Gasteiger partial charge in [-0.3, -0.25) is 4.79 Å². The molecule has 0 aliphatic carbocycles. The molecule has 29 heavy (non-hydrogen) atoms. The number of sulfonamides is 1. The molecule has 156 valence electrons. The van der Waals surface area contributed by atoms with Crippen LogP contribution >= 0.6 is 0 Å². The van der Waals surface area contributed by atoms with Gasteiger partial charge in [-0.25, -0.2) is 13.2 Å². The Morgan fingerprint density at radius 2 is 1.72 bits per heavy atom. The number of hydrogen-bond acceptors (Lipinski definition) is 6. The lowest BCUT2D eigenvalue weighted by molar-refractivity contribution is -0.132. The van der Waals surface area contributed by atoms with E-state index in [1.165, 1.54) is 16.4 Å². The van der Waals surface area contributed by atoms with Crippen LogP contribution in [0.3, 0.4) is 0 Å². The summed E-state index contributed by atoms with van der Waals surface area (Å²) in [6, 6.07) is 12.3. The first-order valence-electron chi connectivity index (χ1n) is 9.50. The average molecular weight is 420 g/mol. The Kier molecular flexibility index (Phi) is 6.71. The topological polar surface area (TPSA) is 97.1 Å². The number of hydrogen-bond donors (Lipinski definition) is 0. The van der Waals surface area contributed by atoms with Crippen LogP contribution in [-0.4, -0.2) is 62.3 Å². The van der Waals surface area contributed by atoms with Crippen molar-refractivity contribution in [3.63, 3.8) is 0 Å². The predicted molar refractivity (Wildman–Crippen MR) is 105 cm³/mol. The minimum Gasteiger partial charge on any atom is -0.460 e. The van der Waals surface area contributed by atoms with Gasteiger partial charge in [-0.1, -0.05) is 30.3 Å². The zero-order valence-corrected chi connectivity index (χ0v) is 17.1. The second-order valence-electron chi connectivity index (χ2n) is 6.61. The maximum atomic E-state index is 12.7. The molecule has 0 unspecified atom stereocenters. The number of aryl methyl sites for hydroxylation is 1. The SMILES string of the molecule is CCOC(=O)c1ccc(S(=O)(=O)N2CCN(C(=O)CCc3ccccc3)CC2)o1. The summed E-state index contributed by atoms with van der Waals surface area (Å²) in [4.78, 5) is 25.8. The molecule has 0 saturated carbocycles. The second kappa shape index (κ2) is 9.23. The van der Waals surface area contributed by atoms with E-state index in [1.807, 2.05) is 30.3 Å². The molecule has 0 radical (unpaired) electrons. The quantitative estimate of drug-likeness (QED) is 0.635. The highest BCUT2D eigenvalue weighted by atomic mass is 32.2. The van der Waals surface area contributed by atoms with Gasteiger partial charge in [-0.05, 0) is 31.0 Å². The lowest BCUT2D eigenvalue weighted by atomic mass is 10.1. The van der Waals surface area contributed by atoms with Crippen LogP contribution in [0.15, 0.2) is 52.0 Å². The summed E-state index contributed by atoms with van der Waals surface area (Å²) < 4.78 is 36.8. The van der Waals surface area contributed by atoms with Crippen LogP contribution in [0.2, 0.25) is 0 Å². The Labute approximate surface area is 170 Å². The molecule has 2 heterocycles. The first-order chi connectivity index (χ1) is 13.9. The van der Waals surface area contributed by atoms with E-state index in [1.54, 1.807) is 11.8 Å². The lowest BCUT2D eigenvalue weighted by Gasteiger charge is -2.33. The number of benzene rings is 1. The number of piperazine rings is 1. The zero-order chi connectivity index (χ0) is 20.9. The summed E-state index contributed by atoms with van der Waals surface area (Å²) >= 11 is 0. The van der Waals surface area contributed by atoms with Gasteiger partial charge in [0, 0.05) is 32.6 Å². The summed E-state index contributed by atoms with van der Waals surface area (Å²) in [6.07, 6.45) is 1.04. The van der Waals surface area contributed by atoms with Crippen LogP contribution in [0.5, 0.6) is 0 Å². The monoisotopic (exact) mass is 420 g/mol. The number of furan rings is 1. The number of nitrogens with zero attached hydrogens (tertiary/aromatic N) is 2. The molecule has 1 aromatic heterocycles.